The number of carbonyl (C=O) groups is 2. The van der Waals surface area contributed by atoms with E-state index in [-0.39, 0.29) is 17.7 Å². The zero-order chi connectivity index (χ0) is 18.5. The molecule has 1 saturated carbocycles. The van der Waals surface area contributed by atoms with Gasteiger partial charge in [0.1, 0.15) is 6.61 Å². The second-order valence-corrected chi connectivity index (χ2v) is 7.25. The van der Waals surface area contributed by atoms with E-state index in [1.807, 2.05) is 36.1 Å². The predicted octanol–water partition coefficient (Wildman–Crippen LogP) is 3.88. The molecule has 6 heteroatoms. The number of carbonyl (C=O) groups excluding carboxylic acids is 2. The summed E-state index contributed by atoms with van der Waals surface area (Å²) < 4.78 is 10.7. The number of hydrogen-bond acceptors (Lipinski definition) is 4. The van der Waals surface area contributed by atoms with Crippen LogP contribution in [0.4, 0.5) is 0 Å². The predicted molar refractivity (Wildman–Crippen MR) is 98.5 cm³/mol. The van der Waals surface area contributed by atoms with E-state index >= 15 is 0 Å². The highest BCUT2D eigenvalue weighted by Crippen LogP contribution is 2.36. The summed E-state index contributed by atoms with van der Waals surface area (Å²) in [6.07, 6.45) is 5.19. The minimum Gasteiger partial charge on any atom is -0.485 e. The molecule has 3 rings (SSSR count). The third-order valence-corrected chi connectivity index (χ3v) is 4.89. The van der Waals surface area contributed by atoms with Gasteiger partial charge in [0.05, 0.1) is 18.7 Å². The number of amides is 1. The maximum atomic E-state index is 12.9. The number of morpholine rings is 1. The molecule has 1 aromatic carbocycles. The minimum atomic E-state index is -0.530. The van der Waals surface area contributed by atoms with E-state index < -0.39 is 5.97 Å². The Balaban J connectivity index is 1.74. The van der Waals surface area contributed by atoms with Crippen LogP contribution in [0.25, 0.3) is 0 Å². The average Bonchev–Trinajstić information content (AvgIpc) is 3.44. The van der Waals surface area contributed by atoms with Gasteiger partial charge in [-0.25, -0.2) is 4.79 Å². The summed E-state index contributed by atoms with van der Waals surface area (Å²) in [5.41, 5.74) is 0.980. The molecule has 1 amide bonds. The Kier molecular flexibility index (Phi) is 6.20. The fourth-order valence-corrected chi connectivity index (χ4v) is 3.05. The van der Waals surface area contributed by atoms with Crippen molar-refractivity contribution in [2.45, 2.75) is 38.6 Å². The Morgan fingerprint density at radius 2 is 2.08 bits per heavy atom. The van der Waals surface area contributed by atoms with Crippen molar-refractivity contribution in [1.29, 1.82) is 0 Å². The number of benzene rings is 1. The molecule has 2 fully saturated rings. The van der Waals surface area contributed by atoms with E-state index in [0.29, 0.717) is 30.7 Å². The number of nitrogens with zero attached hydrogens (tertiary/aromatic N) is 1. The minimum absolute atomic E-state index is 0.0670. The molecule has 5 nitrogen and oxygen atoms in total. The molecule has 1 heterocycles. The molecule has 1 aromatic rings. The summed E-state index contributed by atoms with van der Waals surface area (Å²) in [7, 11) is 0. The molecule has 0 N–H and O–H groups in total. The van der Waals surface area contributed by atoms with Gasteiger partial charge in [-0.1, -0.05) is 37.1 Å². The topological polar surface area (TPSA) is 55.8 Å². The van der Waals surface area contributed by atoms with Crippen molar-refractivity contribution in [3.8, 4) is 0 Å². The smallest absolute Gasteiger partial charge is 0.334 e. The van der Waals surface area contributed by atoms with Crippen LogP contribution in [0.3, 0.4) is 0 Å². The number of unbranched alkanes of at least 4 members (excludes halogenated alkanes) is 1. The SMILES string of the molecule is CCCCOC(=O)/C=C1/OCC(c2ccc(Cl)cc2)N(CC2CC2)C1=O. The molecule has 2 aliphatic rings. The fourth-order valence-electron chi connectivity index (χ4n) is 2.92. The van der Waals surface area contributed by atoms with Crippen LogP contribution < -0.4 is 0 Å². The van der Waals surface area contributed by atoms with Crippen LogP contribution in [0.15, 0.2) is 36.1 Å². The molecule has 26 heavy (non-hydrogen) atoms. The molecule has 0 aromatic heterocycles. The highest BCUT2D eigenvalue weighted by molar-refractivity contribution is 6.30. The summed E-state index contributed by atoms with van der Waals surface area (Å²) >= 11 is 5.97. The Hall–Kier alpha value is -2.01. The highest BCUT2D eigenvalue weighted by Gasteiger charge is 2.38. The van der Waals surface area contributed by atoms with E-state index in [1.165, 1.54) is 6.08 Å². The van der Waals surface area contributed by atoms with E-state index in [2.05, 4.69) is 0 Å². The van der Waals surface area contributed by atoms with Crippen molar-refractivity contribution >= 4 is 23.5 Å². The van der Waals surface area contributed by atoms with E-state index in [9.17, 15) is 9.59 Å². The molecule has 0 spiro atoms. The number of ether oxygens (including phenoxy) is 2. The maximum absolute atomic E-state index is 12.9. The van der Waals surface area contributed by atoms with Gasteiger partial charge in [0.15, 0.2) is 5.76 Å². The Labute approximate surface area is 158 Å². The first-order chi connectivity index (χ1) is 12.6. The van der Waals surface area contributed by atoms with Crippen molar-refractivity contribution in [3.05, 3.63) is 46.7 Å². The highest BCUT2D eigenvalue weighted by atomic mass is 35.5. The fraction of sp³-hybridized carbons (Fsp3) is 0.500. The van der Waals surface area contributed by atoms with Crippen LogP contribution in [0, 0.1) is 5.92 Å². The Morgan fingerprint density at radius 1 is 1.35 bits per heavy atom. The average molecular weight is 378 g/mol. The quantitative estimate of drug-likeness (QED) is 0.411. The molecule has 1 aliphatic heterocycles. The van der Waals surface area contributed by atoms with Gasteiger partial charge in [0.25, 0.3) is 5.91 Å². The van der Waals surface area contributed by atoms with Gasteiger partial charge < -0.3 is 14.4 Å². The third-order valence-electron chi connectivity index (χ3n) is 4.64. The molecular weight excluding hydrogens is 354 g/mol. The van der Waals surface area contributed by atoms with Crippen LogP contribution in [0.1, 0.15) is 44.2 Å². The summed E-state index contributed by atoms with van der Waals surface area (Å²) in [5, 5.41) is 0.654. The normalized spacial score (nSPS) is 21.6. The number of esters is 1. The summed E-state index contributed by atoms with van der Waals surface area (Å²) in [6.45, 7) is 3.37. The van der Waals surface area contributed by atoms with Crippen molar-refractivity contribution < 1.29 is 19.1 Å². The molecule has 140 valence electrons. The molecular formula is C20H24ClNO4. The molecule has 1 atom stereocenters. The lowest BCUT2D eigenvalue weighted by Crippen LogP contribution is -2.44. The first-order valence-electron chi connectivity index (χ1n) is 9.16. The van der Waals surface area contributed by atoms with Crippen LogP contribution in [0.5, 0.6) is 0 Å². The van der Waals surface area contributed by atoms with E-state index in [1.54, 1.807) is 0 Å². The van der Waals surface area contributed by atoms with Gasteiger partial charge in [-0.15, -0.1) is 0 Å². The van der Waals surface area contributed by atoms with Gasteiger partial charge >= 0.3 is 5.97 Å². The van der Waals surface area contributed by atoms with Crippen LogP contribution >= 0.6 is 11.6 Å². The molecule has 1 unspecified atom stereocenters. The summed E-state index contributed by atoms with van der Waals surface area (Å²) in [5.74, 6) is -0.185. The van der Waals surface area contributed by atoms with Gasteiger partial charge in [-0.2, -0.15) is 0 Å². The third kappa shape index (κ3) is 4.79. The van der Waals surface area contributed by atoms with E-state index in [4.69, 9.17) is 21.1 Å². The van der Waals surface area contributed by atoms with Gasteiger partial charge in [-0.05, 0) is 42.9 Å². The number of halogens is 1. The molecule has 1 aliphatic carbocycles. The van der Waals surface area contributed by atoms with Crippen molar-refractivity contribution in [2.24, 2.45) is 5.92 Å². The van der Waals surface area contributed by atoms with Crippen LogP contribution in [-0.4, -0.2) is 36.5 Å². The van der Waals surface area contributed by atoms with Crippen LogP contribution in [0.2, 0.25) is 5.02 Å². The first kappa shape index (κ1) is 18.8. The van der Waals surface area contributed by atoms with Gasteiger partial charge in [0.2, 0.25) is 0 Å². The largest absolute Gasteiger partial charge is 0.485 e. The Bertz CT molecular complexity index is 682. The lowest BCUT2D eigenvalue weighted by Gasteiger charge is -2.37. The Morgan fingerprint density at radius 3 is 2.73 bits per heavy atom. The number of hydrogen-bond donors (Lipinski definition) is 0. The standard InChI is InChI=1S/C20H24ClNO4/c1-2-3-10-25-19(23)11-18-20(24)22(12-14-4-5-14)17(13-26-18)15-6-8-16(21)9-7-15/h6-9,11,14,17H,2-5,10,12-13H2,1H3/b18-11+. The molecule has 0 bridgehead atoms. The second kappa shape index (κ2) is 8.58. The maximum Gasteiger partial charge on any atom is 0.334 e. The first-order valence-corrected chi connectivity index (χ1v) is 9.54. The lowest BCUT2D eigenvalue weighted by atomic mass is 10.0. The van der Waals surface area contributed by atoms with Crippen molar-refractivity contribution in [3.63, 3.8) is 0 Å². The van der Waals surface area contributed by atoms with Gasteiger partial charge in [-0.3, -0.25) is 4.79 Å². The van der Waals surface area contributed by atoms with Crippen molar-refractivity contribution in [2.75, 3.05) is 19.8 Å². The molecule has 0 radical (unpaired) electrons. The van der Waals surface area contributed by atoms with Crippen molar-refractivity contribution in [1.82, 2.24) is 4.90 Å². The summed E-state index contributed by atoms with van der Waals surface area (Å²) in [6, 6.07) is 7.28. The molecule has 1 saturated heterocycles. The monoisotopic (exact) mass is 377 g/mol. The summed E-state index contributed by atoms with van der Waals surface area (Å²) in [4.78, 5) is 26.6. The zero-order valence-corrected chi connectivity index (χ0v) is 15.7. The number of rotatable bonds is 7. The van der Waals surface area contributed by atoms with Crippen LogP contribution in [-0.2, 0) is 19.1 Å². The van der Waals surface area contributed by atoms with Gasteiger partial charge in [0, 0.05) is 11.6 Å². The zero-order valence-electron chi connectivity index (χ0n) is 14.9. The second-order valence-electron chi connectivity index (χ2n) is 6.81. The van der Waals surface area contributed by atoms with E-state index in [0.717, 1.165) is 31.2 Å². The lowest BCUT2D eigenvalue weighted by molar-refractivity contribution is -0.143.